The van der Waals surface area contributed by atoms with Gasteiger partial charge in [0, 0.05) is 0 Å². The zero-order chi connectivity index (χ0) is 6.62. The molecule has 0 amide bonds. The van der Waals surface area contributed by atoms with Gasteiger partial charge < -0.3 is 0 Å². The Balaban J connectivity index is 4.18. The fraction of sp³-hybridized carbons (Fsp3) is 0.143. The lowest BCUT2D eigenvalue weighted by Gasteiger charge is -2.03. The third-order valence-corrected chi connectivity index (χ3v) is 3.54. The van der Waals surface area contributed by atoms with Gasteiger partial charge in [0.1, 0.15) is 0 Å². The van der Waals surface area contributed by atoms with Crippen LogP contribution in [0.2, 0.25) is 0 Å². The highest BCUT2D eigenvalue weighted by Crippen LogP contribution is 2.58. The molecule has 0 aliphatic heterocycles. The predicted molar refractivity (Wildman–Crippen MR) is 43.4 cm³/mol. The van der Waals surface area contributed by atoms with Crippen LogP contribution in [0.3, 0.4) is 0 Å². The van der Waals surface area contributed by atoms with Gasteiger partial charge in [-0.3, -0.25) is 0 Å². The molecule has 0 nitrogen and oxygen atoms in total. The molecule has 44 valence electrons. The van der Waals surface area contributed by atoms with E-state index in [9.17, 15) is 0 Å². The average molecular weight is 127 g/mol. The molecule has 0 aliphatic carbocycles. The Labute approximate surface area is 51.9 Å². The van der Waals surface area contributed by atoms with Gasteiger partial charge in [-0.2, -0.15) is 0 Å². The van der Waals surface area contributed by atoms with Crippen LogP contribution in [0.4, 0.5) is 0 Å². The van der Waals surface area contributed by atoms with E-state index in [2.05, 4.69) is 26.4 Å². The number of rotatable bonds is 3. The van der Waals surface area contributed by atoms with Gasteiger partial charge in [0.2, 0.25) is 0 Å². The molecule has 0 spiro atoms. The molecule has 0 atom stereocenters. The van der Waals surface area contributed by atoms with Crippen LogP contribution in [-0.2, 0) is 0 Å². The highest BCUT2D eigenvalue weighted by Gasteiger charge is 2.16. The molecular formula is C7H12P+. The van der Waals surface area contributed by atoms with Gasteiger partial charge in [-0.05, 0) is 0 Å². The summed E-state index contributed by atoms with van der Waals surface area (Å²) in [5.74, 6) is 5.77. The first-order chi connectivity index (χ1) is 3.68. The van der Waals surface area contributed by atoms with E-state index in [1.54, 1.807) is 0 Å². The minimum absolute atomic E-state index is 1.12. The monoisotopic (exact) mass is 127 g/mol. The van der Waals surface area contributed by atoms with Crippen LogP contribution >= 0.6 is 7.26 Å². The van der Waals surface area contributed by atoms with Crippen molar-refractivity contribution in [2.24, 2.45) is 0 Å². The normalized spacial score (nSPS) is 10.1. The lowest BCUT2D eigenvalue weighted by Crippen LogP contribution is -1.70. The molecule has 0 saturated carbocycles. The first-order valence-corrected chi connectivity index (χ1v) is 4.89. The molecule has 0 N–H and O–H groups in total. The van der Waals surface area contributed by atoms with Gasteiger partial charge in [-0.1, -0.05) is 19.7 Å². The Morgan fingerprint density at radius 2 is 1.25 bits per heavy atom. The van der Waals surface area contributed by atoms with E-state index < -0.39 is 7.26 Å². The quantitative estimate of drug-likeness (QED) is 0.511. The SMILES string of the molecule is C=C[P+](C)(C=C)C=C. The number of hydrogen-bond donors (Lipinski definition) is 0. The number of hydrogen-bond acceptors (Lipinski definition) is 0. The summed E-state index contributed by atoms with van der Waals surface area (Å²) in [6, 6.07) is 0. The van der Waals surface area contributed by atoms with Gasteiger partial charge in [-0.25, -0.2) is 0 Å². The molecule has 8 heavy (non-hydrogen) atoms. The second-order valence-electron chi connectivity index (χ2n) is 1.77. The maximum atomic E-state index is 3.68. The topological polar surface area (TPSA) is 0 Å². The largest absolute Gasteiger partial charge is 0.0843 e. The van der Waals surface area contributed by atoms with E-state index >= 15 is 0 Å². The van der Waals surface area contributed by atoms with Crippen molar-refractivity contribution in [2.75, 3.05) is 6.66 Å². The minimum atomic E-state index is -1.12. The van der Waals surface area contributed by atoms with Crippen LogP contribution in [0, 0.1) is 0 Å². The second kappa shape index (κ2) is 2.84. The molecule has 1 heteroatoms. The zero-order valence-corrected chi connectivity index (χ0v) is 6.20. The van der Waals surface area contributed by atoms with Crippen molar-refractivity contribution in [3.05, 3.63) is 37.2 Å². The summed E-state index contributed by atoms with van der Waals surface area (Å²) in [6.45, 7) is 13.2. The third-order valence-electron chi connectivity index (χ3n) is 1.18. The molecule has 0 aromatic rings. The maximum Gasteiger partial charge on any atom is 0.0843 e. The van der Waals surface area contributed by atoms with Gasteiger partial charge in [0.05, 0.1) is 31.4 Å². The molecule has 0 saturated heterocycles. The lowest BCUT2D eigenvalue weighted by atomic mass is 11.2. The fourth-order valence-electron chi connectivity index (χ4n) is 0.224. The predicted octanol–water partition coefficient (Wildman–Crippen LogP) is 3.06. The first-order valence-electron chi connectivity index (χ1n) is 2.45. The Kier molecular flexibility index (Phi) is 2.71. The van der Waals surface area contributed by atoms with E-state index in [-0.39, 0.29) is 0 Å². The minimum Gasteiger partial charge on any atom is -0.0632 e. The summed E-state index contributed by atoms with van der Waals surface area (Å²) < 4.78 is 0. The second-order valence-corrected chi connectivity index (χ2v) is 5.31. The van der Waals surface area contributed by atoms with Crippen molar-refractivity contribution in [3.63, 3.8) is 0 Å². The summed E-state index contributed by atoms with van der Waals surface area (Å²) in [7, 11) is -1.12. The standard InChI is InChI=1S/C7H12P/c1-5-8(4,6-2)7-3/h5-7H,1-3H2,4H3/q+1. The van der Waals surface area contributed by atoms with E-state index in [0.29, 0.717) is 0 Å². The van der Waals surface area contributed by atoms with Crippen LogP contribution < -0.4 is 0 Å². The van der Waals surface area contributed by atoms with Crippen molar-refractivity contribution < 1.29 is 0 Å². The summed E-state index contributed by atoms with van der Waals surface area (Å²) in [4.78, 5) is 0. The smallest absolute Gasteiger partial charge is 0.0632 e. The first kappa shape index (κ1) is 7.65. The fourth-order valence-corrected chi connectivity index (χ4v) is 0.671. The summed E-state index contributed by atoms with van der Waals surface area (Å²) in [5.41, 5.74) is 0. The molecule has 0 radical (unpaired) electrons. The van der Waals surface area contributed by atoms with Gasteiger partial charge in [0.15, 0.2) is 0 Å². The molecule has 0 heterocycles. The van der Waals surface area contributed by atoms with Crippen molar-refractivity contribution >= 4 is 7.26 Å². The van der Waals surface area contributed by atoms with Crippen LogP contribution in [0.5, 0.6) is 0 Å². The molecule has 0 aromatic heterocycles. The van der Waals surface area contributed by atoms with Crippen LogP contribution in [0.15, 0.2) is 37.2 Å². The van der Waals surface area contributed by atoms with Crippen LogP contribution in [0.1, 0.15) is 0 Å². The molecular weight excluding hydrogens is 115 g/mol. The van der Waals surface area contributed by atoms with E-state index in [0.717, 1.165) is 0 Å². The van der Waals surface area contributed by atoms with Crippen molar-refractivity contribution in [2.45, 2.75) is 0 Å². The van der Waals surface area contributed by atoms with Crippen molar-refractivity contribution in [3.8, 4) is 0 Å². The van der Waals surface area contributed by atoms with Crippen LogP contribution in [-0.4, -0.2) is 6.66 Å². The molecule has 0 fully saturated rings. The Morgan fingerprint density at radius 1 is 1.00 bits per heavy atom. The molecule has 0 aromatic carbocycles. The highest BCUT2D eigenvalue weighted by molar-refractivity contribution is 7.83. The third kappa shape index (κ3) is 1.63. The van der Waals surface area contributed by atoms with E-state index in [4.69, 9.17) is 0 Å². The van der Waals surface area contributed by atoms with Gasteiger partial charge in [-0.15, -0.1) is 0 Å². The average Bonchev–Trinajstić information content (AvgIpc) is 1.87. The van der Waals surface area contributed by atoms with Crippen molar-refractivity contribution in [1.82, 2.24) is 0 Å². The maximum absolute atomic E-state index is 3.68. The lowest BCUT2D eigenvalue weighted by molar-refractivity contribution is 2.16. The van der Waals surface area contributed by atoms with Gasteiger partial charge >= 0.3 is 0 Å². The molecule has 0 rings (SSSR count). The van der Waals surface area contributed by atoms with Gasteiger partial charge in [0.25, 0.3) is 0 Å². The van der Waals surface area contributed by atoms with Crippen LogP contribution in [0.25, 0.3) is 0 Å². The Morgan fingerprint density at radius 3 is 1.25 bits per heavy atom. The van der Waals surface area contributed by atoms with E-state index in [1.165, 1.54) is 0 Å². The Bertz CT molecular complexity index is 91.8. The zero-order valence-electron chi connectivity index (χ0n) is 5.30. The van der Waals surface area contributed by atoms with E-state index in [1.807, 2.05) is 17.5 Å². The summed E-state index contributed by atoms with van der Waals surface area (Å²) in [6.07, 6.45) is 0. The Hall–Kier alpha value is -0.350. The van der Waals surface area contributed by atoms with Crippen molar-refractivity contribution in [1.29, 1.82) is 0 Å². The summed E-state index contributed by atoms with van der Waals surface area (Å²) in [5, 5.41) is 0. The molecule has 0 bridgehead atoms. The molecule has 0 unspecified atom stereocenters. The highest BCUT2D eigenvalue weighted by atomic mass is 31.2. The molecule has 0 aliphatic rings. The summed E-state index contributed by atoms with van der Waals surface area (Å²) >= 11 is 0.